The molecule has 2 aromatic rings. The van der Waals surface area contributed by atoms with Crippen molar-refractivity contribution in [3.8, 4) is 5.75 Å². The summed E-state index contributed by atoms with van der Waals surface area (Å²) < 4.78 is 12.4. The molecular formula is C27H25NNiO3-2. The first kappa shape index (κ1) is 22.3. The van der Waals surface area contributed by atoms with E-state index in [2.05, 4.69) is 30.9 Å². The van der Waals surface area contributed by atoms with Crippen molar-refractivity contribution in [1.29, 1.82) is 0 Å². The van der Waals surface area contributed by atoms with Gasteiger partial charge in [-0.15, -0.1) is 0 Å². The van der Waals surface area contributed by atoms with Crippen LogP contribution in [0.5, 0.6) is 5.75 Å². The molecule has 0 amide bonds. The van der Waals surface area contributed by atoms with Crippen LogP contribution in [0.4, 0.5) is 5.69 Å². The zero-order valence-electron chi connectivity index (χ0n) is 18.4. The van der Waals surface area contributed by atoms with Crippen LogP contribution in [0.3, 0.4) is 0 Å². The second-order valence-electron chi connectivity index (χ2n) is 7.74. The van der Waals surface area contributed by atoms with Gasteiger partial charge in [-0.25, -0.2) is 0 Å². The number of ether oxygens (including phenoxy) is 2. The molecule has 0 N–H and O–H groups in total. The van der Waals surface area contributed by atoms with E-state index in [1.54, 1.807) is 0 Å². The number of benzene rings is 2. The summed E-state index contributed by atoms with van der Waals surface area (Å²) in [6.07, 6.45) is 3.79. The number of nitrogens with zero attached hydrogens (tertiary/aromatic N) is 1. The van der Waals surface area contributed by atoms with Crippen LogP contribution in [0.1, 0.15) is 27.0 Å². The molecule has 5 rings (SSSR count). The number of hydrogen-bond acceptors (Lipinski definition) is 4. The zero-order valence-corrected chi connectivity index (χ0v) is 19.4. The number of anilines is 1. The van der Waals surface area contributed by atoms with E-state index in [4.69, 9.17) is 24.5 Å². The predicted molar refractivity (Wildman–Crippen MR) is 126 cm³/mol. The predicted octanol–water partition coefficient (Wildman–Crippen LogP) is 4.67. The van der Waals surface area contributed by atoms with E-state index < -0.39 is 0 Å². The SMILES string of the molecule is [CH2-]COC1=C2C(=O)c3c(ccc4c3OCCN4C)C(c3ccccc3C)=C2C=C[C]1=[Ni].[CH3-]. The molecule has 0 aromatic heterocycles. The van der Waals surface area contributed by atoms with Gasteiger partial charge in [-0.3, -0.25) is 0 Å². The first-order valence-electron chi connectivity index (χ1n) is 10.2. The summed E-state index contributed by atoms with van der Waals surface area (Å²) in [7, 11) is 2.02. The Morgan fingerprint density at radius 2 is 1.91 bits per heavy atom. The van der Waals surface area contributed by atoms with Gasteiger partial charge in [-0.1, -0.05) is 0 Å². The van der Waals surface area contributed by atoms with Crippen LogP contribution >= 0.6 is 0 Å². The summed E-state index contributed by atoms with van der Waals surface area (Å²) in [4.78, 5) is 16.1. The van der Waals surface area contributed by atoms with E-state index in [0.717, 1.165) is 40.1 Å². The largest absolute Gasteiger partial charge is 0.358 e. The summed E-state index contributed by atoms with van der Waals surface area (Å²) in [5, 5.41) is 0. The fourth-order valence-electron chi connectivity index (χ4n) is 4.49. The quantitative estimate of drug-likeness (QED) is 0.483. The maximum Gasteiger partial charge on any atom is -0.358 e. The third-order valence-corrected chi connectivity index (χ3v) is 6.35. The van der Waals surface area contributed by atoms with Gasteiger partial charge >= 0.3 is 190 Å². The average molecular weight is 470 g/mol. The number of Topliss-reactive ketones (excluding diaryl/α,β-unsaturated/α-hetero) is 1. The Bertz CT molecular complexity index is 1240. The molecule has 0 unspecified atom stereocenters. The number of ketones is 1. The molecule has 0 spiro atoms. The van der Waals surface area contributed by atoms with E-state index in [-0.39, 0.29) is 19.8 Å². The fraction of sp³-hybridized carbons (Fsp3) is 0.185. The molecule has 0 saturated carbocycles. The number of carbonyl (C=O) groups is 1. The Morgan fingerprint density at radius 1 is 1.12 bits per heavy atom. The first-order chi connectivity index (χ1) is 15.0. The van der Waals surface area contributed by atoms with E-state index in [0.29, 0.717) is 33.7 Å². The molecule has 3 aliphatic rings. The minimum Gasteiger partial charge on any atom is -0.358 e. The van der Waals surface area contributed by atoms with Crippen LogP contribution in [0.2, 0.25) is 0 Å². The van der Waals surface area contributed by atoms with Gasteiger partial charge in [-0.05, 0) is 0 Å². The minimum atomic E-state index is -0.114. The molecule has 4 nitrogen and oxygen atoms in total. The van der Waals surface area contributed by atoms with Gasteiger partial charge in [0, 0.05) is 0 Å². The third kappa shape index (κ3) is 3.27. The number of rotatable bonds is 3. The monoisotopic (exact) mass is 469 g/mol. The summed E-state index contributed by atoms with van der Waals surface area (Å²) in [6, 6.07) is 12.3. The molecule has 0 bridgehead atoms. The second-order valence-corrected chi connectivity index (χ2v) is 8.27. The van der Waals surface area contributed by atoms with E-state index in [1.165, 1.54) is 0 Å². The fourth-order valence-corrected chi connectivity index (χ4v) is 4.76. The number of likely N-dealkylation sites (N-methyl/N-ethyl adjacent to an activating group) is 1. The molecule has 32 heavy (non-hydrogen) atoms. The van der Waals surface area contributed by atoms with Crippen molar-refractivity contribution in [2.75, 3.05) is 31.7 Å². The van der Waals surface area contributed by atoms with E-state index in [1.807, 2.05) is 43.5 Å². The number of aryl methyl sites for hydroxylation is 1. The molecule has 1 aliphatic heterocycles. The van der Waals surface area contributed by atoms with Crippen LogP contribution in [0, 0.1) is 21.3 Å². The van der Waals surface area contributed by atoms with E-state index in [9.17, 15) is 4.79 Å². The maximum absolute atomic E-state index is 13.9. The Balaban J connectivity index is 0.00000245. The van der Waals surface area contributed by atoms with Crippen molar-refractivity contribution in [1.82, 2.24) is 0 Å². The van der Waals surface area contributed by atoms with Crippen molar-refractivity contribution >= 4 is 21.5 Å². The Labute approximate surface area is 197 Å². The molecular weight excluding hydrogens is 445 g/mol. The van der Waals surface area contributed by atoms with Gasteiger partial charge in [0.05, 0.1) is 0 Å². The average Bonchev–Trinajstić information content (AvgIpc) is 2.76. The van der Waals surface area contributed by atoms with Gasteiger partial charge in [0.25, 0.3) is 0 Å². The summed E-state index contributed by atoms with van der Waals surface area (Å²) in [6.45, 7) is 7.38. The van der Waals surface area contributed by atoms with Gasteiger partial charge in [0.2, 0.25) is 0 Å². The minimum absolute atomic E-state index is 0. The number of fused-ring (bicyclic) bond motifs is 4. The third-order valence-electron chi connectivity index (χ3n) is 5.96. The van der Waals surface area contributed by atoms with Gasteiger partial charge in [0.1, 0.15) is 0 Å². The normalized spacial score (nSPS) is 16.8. The molecule has 0 radical (unpaired) electrons. The summed E-state index contributed by atoms with van der Waals surface area (Å²) in [5.41, 5.74) is 6.91. The van der Waals surface area contributed by atoms with Crippen molar-refractivity contribution in [2.45, 2.75) is 6.92 Å². The maximum atomic E-state index is 13.9. The number of hydrogen-bond donors (Lipinski definition) is 0. The molecule has 1 heterocycles. The van der Waals surface area contributed by atoms with Crippen molar-refractivity contribution in [3.63, 3.8) is 0 Å². The van der Waals surface area contributed by atoms with Gasteiger partial charge in [-0.2, -0.15) is 0 Å². The number of allylic oxidation sites excluding steroid dienone is 4. The Hall–Kier alpha value is -2.91. The standard InChI is InChI=1S/C26H22NO3.CH3.Ni/c1-4-29-21-11-7-10-18-22(17-9-6-5-8-16(17)2)19-12-13-20-26(30-15-14-27(20)3)24(19)25(28)23(18)21;;/h5-10,12-13H,1,4,14-15H2,2-3H3;1H3;/q2*-1;. The van der Waals surface area contributed by atoms with Crippen molar-refractivity contribution < 1.29 is 29.3 Å². The zero-order chi connectivity index (χ0) is 21.7. The van der Waals surface area contributed by atoms with Gasteiger partial charge in [0.15, 0.2) is 0 Å². The van der Waals surface area contributed by atoms with Crippen LogP contribution in [0.15, 0.2) is 65.5 Å². The molecule has 168 valence electrons. The van der Waals surface area contributed by atoms with Crippen molar-refractivity contribution in [2.24, 2.45) is 0 Å². The molecule has 2 aromatic carbocycles. The van der Waals surface area contributed by atoms with Crippen LogP contribution in [0.25, 0.3) is 5.57 Å². The summed E-state index contributed by atoms with van der Waals surface area (Å²) in [5.74, 6) is 0.958. The van der Waals surface area contributed by atoms with Gasteiger partial charge < -0.3 is 7.43 Å². The molecule has 0 saturated heterocycles. The number of carbonyl (C=O) groups excluding carboxylic acids is 1. The Morgan fingerprint density at radius 3 is 2.66 bits per heavy atom. The van der Waals surface area contributed by atoms with Crippen LogP contribution < -0.4 is 9.64 Å². The molecule has 2 aliphatic carbocycles. The molecule has 0 atom stereocenters. The molecule has 5 heteroatoms. The Kier molecular flexibility index (Phi) is 5.96. The molecule has 0 fully saturated rings. The summed E-state index contributed by atoms with van der Waals surface area (Å²) >= 11 is 5.17. The van der Waals surface area contributed by atoms with Crippen molar-refractivity contribution in [3.05, 3.63) is 102 Å². The van der Waals surface area contributed by atoms with Crippen LogP contribution in [-0.2, 0) is 19.8 Å². The van der Waals surface area contributed by atoms with Crippen LogP contribution in [-0.4, -0.2) is 37.1 Å². The topological polar surface area (TPSA) is 38.8 Å². The smallest absolute Gasteiger partial charge is 0.358 e. The second kappa shape index (κ2) is 8.56. The first-order valence-corrected chi connectivity index (χ1v) is 10.7. The van der Waals surface area contributed by atoms with E-state index >= 15 is 0 Å².